The summed E-state index contributed by atoms with van der Waals surface area (Å²) in [6.07, 6.45) is 1.71. The molecule has 0 aliphatic heterocycles. The van der Waals surface area contributed by atoms with E-state index in [1.165, 1.54) is 0 Å². The van der Waals surface area contributed by atoms with Crippen molar-refractivity contribution in [2.24, 2.45) is 5.92 Å². The molecule has 3 rings (SSSR count). The van der Waals surface area contributed by atoms with Crippen LogP contribution in [0.3, 0.4) is 0 Å². The van der Waals surface area contributed by atoms with E-state index in [4.69, 9.17) is 5.11 Å². The van der Waals surface area contributed by atoms with Gasteiger partial charge in [0.1, 0.15) is 6.04 Å². The molecule has 1 saturated carbocycles. The molecule has 0 radical (unpaired) electrons. The molecule has 21 heavy (non-hydrogen) atoms. The molecule has 1 aliphatic carbocycles. The highest BCUT2D eigenvalue weighted by molar-refractivity contribution is 5.95. The number of carboxylic acids is 1. The maximum Gasteiger partial charge on any atom is 0.326 e. The number of nitrogens with one attached hydrogen (secondary N) is 2. The molecule has 0 heterocycles. The fraction of sp³-hybridized carbons (Fsp3) is 0.250. The summed E-state index contributed by atoms with van der Waals surface area (Å²) in [5.74, 6) is -0.920. The summed E-state index contributed by atoms with van der Waals surface area (Å²) in [7, 11) is 0. The third-order valence-corrected chi connectivity index (χ3v) is 3.65. The second-order valence-corrected chi connectivity index (χ2v) is 5.31. The van der Waals surface area contributed by atoms with Gasteiger partial charge in [0.15, 0.2) is 0 Å². The molecule has 0 aromatic heterocycles. The number of aliphatic carboxylic acids is 1. The van der Waals surface area contributed by atoms with Crippen LogP contribution in [0.25, 0.3) is 10.8 Å². The van der Waals surface area contributed by atoms with Crippen LogP contribution in [0, 0.1) is 5.92 Å². The van der Waals surface area contributed by atoms with Crippen molar-refractivity contribution in [3.63, 3.8) is 0 Å². The van der Waals surface area contributed by atoms with Crippen molar-refractivity contribution in [3.8, 4) is 0 Å². The molecular formula is C16H16N2O3. The Bertz CT molecular complexity index is 695. The number of urea groups is 1. The van der Waals surface area contributed by atoms with E-state index >= 15 is 0 Å². The van der Waals surface area contributed by atoms with Gasteiger partial charge in [-0.2, -0.15) is 0 Å². The predicted octanol–water partition coefficient (Wildman–Crippen LogP) is 2.82. The average molecular weight is 284 g/mol. The number of benzene rings is 2. The summed E-state index contributed by atoms with van der Waals surface area (Å²) in [4.78, 5) is 23.0. The number of amides is 2. The van der Waals surface area contributed by atoms with Crippen molar-refractivity contribution in [2.75, 3.05) is 5.32 Å². The number of fused-ring (bicyclic) bond motifs is 1. The summed E-state index contributed by atoms with van der Waals surface area (Å²) in [5, 5.41) is 16.4. The molecule has 1 fully saturated rings. The quantitative estimate of drug-likeness (QED) is 0.807. The molecule has 1 atom stereocenters. The van der Waals surface area contributed by atoms with Gasteiger partial charge in [0.2, 0.25) is 0 Å². The van der Waals surface area contributed by atoms with Crippen LogP contribution >= 0.6 is 0 Å². The van der Waals surface area contributed by atoms with Crippen molar-refractivity contribution >= 4 is 28.5 Å². The van der Waals surface area contributed by atoms with Crippen LogP contribution in [-0.2, 0) is 4.79 Å². The molecule has 1 aliphatic rings. The standard InChI is InChI=1S/C16H16N2O3/c19-15(20)14(11-5-6-11)18-16(21)17-13-8-7-10-3-1-2-4-12(10)9-13/h1-4,7-9,11,14H,5-6H2,(H,19,20)(H2,17,18,21). The number of rotatable bonds is 4. The van der Waals surface area contributed by atoms with E-state index in [0.29, 0.717) is 5.69 Å². The van der Waals surface area contributed by atoms with E-state index in [2.05, 4.69) is 10.6 Å². The lowest BCUT2D eigenvalue weighted by Gasteiger charge is -2.14. The maximum atomic E-state index is 11.9. The number of hydrogen-bond donors (Lipinski definition) is 3. The Balaban J connectivity index is 1.69. The number of carbonyl (C=O) groups is 2. The van der Waals surface area contributed by atoms with E-state index in [1.807, 2.05) is 36.4 Å². The van der Waals surface area contributed by atoms with E-state index in [9.17, 15) is 9.59 Å². The Morgan fingerprint density at radius 1 is 1.10 bits per heavy atom. The minimum absolute atomic E-state index is 0.0600. The minimum atomic E-state index is -0.980. The van der Waals surface area contributed by atoms with Crippen LogP contribution < -0.4 is 10.6 Å². The smallest absolute Gasteiger partial charge is 0.326 e. The van der Waals surface area contributed by atoms with Gasteiger partial charge in [0.05, 0.1) is 0 Å². The van der Waals surface area contributed by atoms with E-state index in [-0.39, 0.29) is 5.92 Å². The Hall–Kier alpha value is -2.56. The Kier molecular flexibility index (Phi) is 3.48. The lowest BCUT2D eigenvalue weighted by Crippen LogP contribution is -2.44. The fourth-order valence-corrected chi connectivity index (χ4v) is 2.39. The zero-order valence-electron chi connectivity index (χ0n) is 11.4. The first-order chi connectivity index (χ1) is 10.1. The minimum Gasteiger partial charge on any atom is -0.480 e. The SMILES string of the molecule is O=C(Nc1ccc2ccccc2c1)NC(C(=O)O)C1CC1. The zero-order valence-corrected chi connectivity index (χ0v) is 11.4. The van der Waals surface area contributed by atoms with Crippen molar-refractivity contribution < 1.29 is 14.7 Å². The monoisotopic (exact) mass is 284 g/mol. The van der Waals surface area contributed by atoms with Gasteiger partial charge in [-0.3, -0.25) is 0 Å². The van der Waals surface area contributed by atoms with E-state index in [1.54, 1.807) is 6.07 Å². The molecule has 2 amide bonds. The van der Waals surface area contributed by atoms with Gasteiger partial charge in [-0.15, -0.1) is 0 Å². The summed E-state index contributed by atoms with van der Waals surface area (Å²) < 4.78 is 0. The number of carboxylic acid groups (broad SMARTS) is 1. The second-order valence-electron chi connectivity index (χ2n) is 5.31. The first-order valence-corrected chi connectivity index (χ1v) is 6.92. The molecule has 5 nitrogen and oxygen atoms in total. The molecular weight excluding hydrogens is 268 g/mol. The van der Waals surface area contributed by atoms with Crippen LogP contribution in [0.2, 0.25) is 0 Å². The molecule has 3 N–H and O–H groups in total. The predicted molar refractivity (Wildman–Crippen MR) is 80.3 cm³/mol. The van der Waals surface area contributed by atoms with Gasteiger partial charge in [0.25, 0.3) is 0 Å². The first kappa shape index (κ1) is 13.4. The van der Waals surface area contributed by atoms with Gasteiger partial charge in [-0.25, -0.2) is 9.59 Å². The van der Waals surface area contributed by atoms with Gasteiger partial charge in [-0.05, 0) is 41.7 Å². The normalized spacial score (nSPS) is 15.4. The molecule has 2 aromatic carbocycles. The lowest BCUT2D eigenvalue weighted by molar-refractivity contribution is -0.139. The Labute approximate surface area is 122 Å². The molecule has 108 valence electrons. The molecule has 0 bridgehead atoms. The summed E-state index contributed by atoms with van der Waals surface area (Å²) in [6.45, 7) is 0. The first-order valence-electron chi connectivity index (χ1n) is 6.92. The molecule has 0 spiro atoms. The third kappa shape index (κ3) is 3.13. The van der Waals surface area contributed by atoms with Crippen LogP contribution in [0.1, 0.15) is 12.8 Å². The summed E-state index contributed by atoms with van der Waals surface area (Å²) in [5.41, 5.74) is 0.645. The van der Waals surface area contributed by atoms with Crippen LogP contribution in [0.15, 0.2) is 42.5 Å². The van der Waals surface area contributed by atoms with Gasteiger partial charge in [0, 0.05) is 5.69 Å². The van der Waals surface area contributed by atoms with E-state index < -0.39 is 18.0 Å². The van der Waals surface area contributed by atoms with Crippen molar-refractivity contribution in [2.45, 2.75) is 18.9 Å². The largest absolute Gasteiger partial charge is 0.480 e. The van der Waals surface area contributed by atoms with Gasteiger partial charge in [-0.1, -0.05) is 30.3 Å². The number of carbonyl (C=O) groups excluding carboxylic acids is 1. The number of hydrogen-bond acceptors (Lipinski definition) is 2. The van der Waals surface area contributed by atoms with Crippen LogP contribution in [-0.4, -0.2) is 23.1 Å². The second kappa shape index (κ2) is 5.44. The highest BCUT2D eigenvalue weighted by atomic mass is 16.4. The molecule has 1 unspecified atom stereocenters. The third-order valence-electron chi connectivity index (χ3n) is 3.65. The lowest BCUT2D eigenvalue weighted by atomic mass is 10.1. The van der Waals surface area contributed by atoms with Gasteiger partial charge >= 0.3 is 12.0 Å². The van der Waals surface area contributed by atoms with Crippen LogP contribution in [0.5, 0.6) is 0 Å². The molecule has 0 saturated heterocycles. The van der Waals surface area contributed by atoms with Crippen molar-refractivity contribution in [1.29, 1.82) is 0 Å². The molecule has 5 heteroatoms. The van der Waals surface area contributed by atoms with Crippen LogP contribution in [0.4, 0.5) is 10.5 Å². The van der Waals surface area contributed by atoms with Crippen molar-refractivity contribution in [1.82, 2.24) is 5.32 Å². The van der Waals surface area contributed by atoms with E-state index in [0.717, 1.165) is 23.6 Å². The van der Waals surface area contributed by atoms with Gasteiger partial charge < -0.3 is 15.7 Å². The topological polar surface area (TPSA) is 78.4 Å². The average Bonchev–Trinajstić information content (AvgIpc) is 3.29. The highest BCUT2D eigenvalue weighted by Crippen LogP contribution is 2.32. The zero-order chi connectivity index (χ0) is 14.8. The fourth-order valence-electron chi connectivity index (χ4n) is 2.39. The summed E-state index contributed by atoms with van der Waals surface area (Å²) >= 11 is 0. The number of anilines is 1. The van der Waals surface area contributed by atoms with Crippen molar-refractivity contribution in [3.05, 3.63) is 42.5 Å². The highest BCUT2D eigenvalue weighted by Gasteiger charge is 2.37. The maximum absolute atomic E-state index is 11.9. The Morgan fingerprint density at radius 3 is 2.48 bits per heavy atom. The summed E-state index contributed by atoms with van der Waals surface area (Å²) in [6, 6.07) is 12.1. The Morgan fingerprint density at radius 2 is 1.81 bits per heavy atom. The molecule has 2 aromatic rings.